The molecule has 0 aliphatic rings. The number of hydrogen-bond acceptors (Lipinski definition) is 2. The van der Waals surface area contributed by atoms with Crippen molar-refractivity contribution in [3.63, 3.8) is 0 Å². The predicted octanol–water partition coefficient (Wildman–Crippen LogP) is 4.26. The van der Waals surface area contributed by atoms with E-state index in [1.807, 2.05) is 0 Å². The summed E-state index contributed by atoms with van der Waals surface area (Å²) in [6.45, 7) is 2.99. The molecule has 0 saturated carbocycles. The quantitative estimate of drug-likeness (QED) is 0.857. The Morgan fingerprint density at radius 3 is 1.86 bits per heavy atom. The van der Waals surface area contributed by atoms with Crippen LogP contribution < -0.4 is 10.6 Å². The number of hydrogen-bond donors (Lipinski definition) is 1. The molecule has 0 heterocycles. The second-order valence-electron chi connectivity index (χ2n) is 5.75. The average Bonchev–Trinajstić information content (AvgIpc) is 2.53. The van der Waals surface area contributed by atoms with E-state index in [0.717, 1.165) is 19.4 Å². The van der Waals surface area contributed by atoms with Crippen LogP contribution in [-0.2, 0) is 0 Å². The topological polar surface area (TPSA) is 29.3 Å². The van der Waals surface area contributed by atoms with Gasteiger partial charge in [-0.05, 0) is 54.1 Å². The Morgan fingerprint density at radius 1 is 0.905 bits per heavy atom. The lowest BCUT2D eigenvalue weighted by atomic mass is 9.92. The van der Waals surface area contributed by atoms with Crippen molar-refractivity contribution in [1.29, 1.82) is 0 Å². The molecule has 2 nitrogen and oxygen atoms in total. The van der Waals surface area contributed by atoms with Gasteiger partial charge in [-0.1, -0.05) is 43.3 Å². The van der Waals surface area contributed by atoms with E-state index in [1.54, 1.807) is 0 Å². The third kappa shape index (κ3) is 3.85. The molecule has 0 aromatic heterocycles. The molecule has 0 radical (unpaired) electrons. The minimum absolute atomic E-state index is 0.583. The van der Waals surface area contributed by atoms with E-state index < -0.39 is 0 Å². The Hall–Kier alpha value is -1.80. The third-order valence-corrected chi connectivity index (χ3v) is 4.11. The zero-order valence-corrected chi connectivity index (χ0v) is 13.3. The van der Waals surface area contributed by atoms with Crippen LogP contribution in [0, 0.1) is 0 Å². The summed E-state index contributed by atoms with van der Waals surface area (Å²) in [5.41, 5.74) is 10.9. The number of rotatable bonds is 6. The van der Waals surface area contributed by atoms with Gasteiger partial charge in [0.25, 0.3) is 0 Å². The standard InChI is InChI=1S/C19H26N2/c1-4-15(13-14-20)16-5-7-17(8-6-16)18-9-11-19(12-10-18)21(2)3/h5-12,15H,4,13-14,20H2,1-3H3. The second-order valence-corrected chi connectivity index (χ2v) is 5.75. The van der Waals surface area contributed by atoms with Gasteiger partial charge in [0.05, 0.1) is 0 Å². The molecular formula is C19H26N2. The zero-order valence-electron chi connectivity index (χ0n) is 13.3. The Kier molecular flexibility index (Phi) is 5.40. The molecule has 1 unspecified atom stereocenters. The summed E-state index contributed by atoms with van der Waals surface area (Å²) in [4.78, 5) is 2.12. The van der Waals surface area contributed by atoms with E-state index >= 15 is 0 Å². The first kappa shape index (κ1) is 15.6. The first-order valence-corrected chi connectivity index (χ1v) is 7.73. The lowest BCUT2D eigenvalue weighted by molar-refractivity contribution is 0.614. The van der Waals surface area contributed by atoms with Crippen molar-refractivity contribution in [2.75, 3.05) is 25.5 Å². The van der Waals surface area contributed by atoms with Crippen LogP contribution in [0.5, 0.6) is 0 Å². The molecule has 21 heavy (non-hydrogen) atoms. The van der Waals surface area contributed by atoms with E-state index in [1.165, 1.54) is 22.4 Å². The molecule has 0 bridgehead atoms. The maximum atomic E-state index is 5.70. The molecule has 2 N–H and O–H groups in total. The summed E-state index contributed by atoms with van der Waals surface area (Å²) in [6, 6.07) is 17.6. The highest BCUT2D eigenvalue weighted by molar-refractivity contribution is 5.66. The van der Waals surface area contributed by atoms with Gasteiger partial charge < -0.3 is 10.6 Å². The van der Waals surface area contributed by atoms with Crippen LogP contribution in [0.4, 0.5) is 5.69 Å². The maximum absolute atomic E-state index is 5.70. The summed E-state index contributed by atoms with van der Waals surface area (Å²) in [6.07, 6.45) is 2.21. The number of anilines is 1. The highest BCUT2D eigenvalue weighted by Gasteiger charge is 2.08. The lowest BCUT2D eigenvalue weighted by Gasteiger charge is -2.15. The van der Waals surface area contributed by atoms with Crippen molar-refractivity contribution in [1.82, 2.24) is 0 Å². The van der Waals surface area contributed by atoms with Crippen molar-refractivity contribution in [2.24, 2.45) is 5.73 Å². The second kappa shape index (κ2) is 7.28. The van der Waals surface area contributed by atoms with Crippen LogP contribution in [0.15, 0.2) is 48.5 Å². The van der Waals surface area contributed by atoms with E-state index in [-0.39, 0.29) is 0 Å². The molecule has 0 fully saturated rings. The molecule has 1 atom stereocenters. The third-order valence-electron chi connectivity index (χ3n) is 4.11. The normalized spacial score (nSPS) is 12.2. The summed E-state index contributed by atoms with van der Waals surface area (Å²) in [7, 11) is 4.12. The fourth-order valence-electron chi connectivity index (χ4n) is 2.71. The summed E-state index contributed by atoms with van der Waals surface area (Å²) < 4.78 is 0. The van der Waals surface area contributed by atoms with Crippen molar-refractivity contribution >= 4 is 5.69 Å². The smallest absolute Gasteiger partial charge is 0.0361 e. The molecule has 112 valence electrons. The number of benzene rings is 2. The average molecular weight is 282 g/mol. The Morgan fingerprint density at radius 2 is 1.43 bits per heavy atom. The van der Waals surface area contributed by atoms with Crippen LogP contribution in [0.3, 0.4) is 0 Å². The Balaban J connectivity index is 2.18. The first-order valence-electron chi connectivity index (χ1n) is 7.73. The molecule has 0 aliphatic carbocycles. The van der Waals surface area contributed by atoms with Gasteiger partial charge in [-0.15, -0.1) is 0 Å². The Labute approximate surface area is 128 Å². The van der Waals surface area contributed by atoms with Gasteiger partial charge >= 0.3 is 0 Å². The fraction of sp³-hybridized carbons (Fsp3) is 0.368. The van der Waals surface area contributed by atoms with Gasteiger partial charge in [-0.25, -0.2) is 0 Å². The minimum Gasteiger partial charge on any atom is -0.378 e. The summed E-state index contributed by atoms with van der Waals surface area (Å²) >= 11 is 0. The predicted molar refractivity (Wildman–Crippen MR) is 92.9 cm³/mol. The number of nitrogens with two attached hydrogens (primary N) is 1. The van der Waals surface area contributed by atoms with Crippen molar-refractivity contribution < 1.29 is 0 Å². The lowest BCUT2D eigenvalue weighted by Crippen LogP contribution is -2.07. The molecular weight excluding hydrogens is 256 g/mol. The molecule has 0 spiro atoms. The minimum atomic E-state index is 0.583. The first-order chi connectivity index (χ1) is 10.2. The maximum Gasteiger partial charge on any atom is 0.0361 e. The molecule has 0 saturated heterocycles. The highest BCUT2D eigenvalue weighted by atomic mass is 15.1. The molecule has 2 rings (SSSR count). The van der Waals surface area contributed by atoms with Crippen LogP contribution in [-0.4, -0.2) is 20.6 Å². The molecule has 2 aromatic carbocycles. The number of nitrogens with zero attached hydrogens (tertiary/aromatic N) is 1. The van der Waals surface area contributed by atoms with Crippen LogP contribution >= 0.6 is 0 Å². The van der Waals surface area contributed by atoms with Crippen LogP contribution in [0.1, 0.15) is 31.2 Å². The SMILES string of the molecule is CCC(CCN)c1ccc(-c2ccc(N(C)C)cc2)cc1. The van der Waals surface area contributed by atoms with E-state index in [0.29, 0.717) is 5.92 Å². The van der Waals surface area contributed by atoms with Gasteiger partial charge in [0.2, 0.25) is 0 Å². The summed E-state index contributed by atoms with van der Waals surface area (Å²) in [5, 5.41) is 0. The van der Waals surface area contributed by atoms with Crippen LogP contribution in [0.2, 0.25) is 0 Å². The van der Waals surface area contributed by atoms with Gasteiger partial charge in [-0.2, -0.15) is 0 Å². The highest BCUT2D eigenvalue weighted by Crippen LogP contribution is 2.27. The Bertz CT molecular complexity index is 541. The van der Waals surface area contributed by atoms with Gasteiger partial charge in [0.1, 0.15) is 0 Å². The van der Waals surface area contributed by atoms with Crippen molar-refractivity contribution in [3.8, 4) is 11.1 Å². The van der Waals surface area contributed by atoms with Crippen molar-refractivity contribution in [2.45, 2.75) is 25.7 Å². The fourth-order valence-corrected chi connectivity index (χ4v) is 2.71. The largest absolute Gasteiger partial charge is 0.378 e. The zero-order chi connectivity index (χ0) is 15.2. The van der Waals surface area contributed by atoms with E-state index in [4.69, 9.17) is 5.73 Å². The molecule has 2 aromatic rings. The van der Waals surface area contributed by atoms with Gasteiger partial charge in [0.15, 0.2) is 0 Å². The molecule has 2 heteroatoms. The monoisotopic (exact) mass is 282 g/mol. The van der Waals surface area contributed by atoms with Gasteiger partial charge in [-0.3, -0.25) is 0 Å². The van der Waals surface area contributed by atoms with Crippen molar-refractivity contribution in [3.05, 3.63) is 54.1 Å². The molecule has 0 amide bonds. The van der Waals surface area contributed by atoms with Gasteiger partial charge in [0, 0.05) is 19.8 Å². The molecule has 0 aliphatic heterocycles. The van der Waals surface area contributed by atoms with Crippen LogP contribution in [0.25, 0.3) is 11.1 Å². The van der Waals surface area contributed by atoms with E-state index in [2.05, 4.69) is 74.4 Å². The summed E-state index contributed by atoms with van der Waals surface area (Å²) in [5.74, 6) is 0.583. The van der Waals surface area contributed by atoms with E-state index in [9.17, 15) is 0 Å².